The number of nitrogens with one attached hydrogen (secondary N) is 2. The minimum Gasteiger partial charge on any atom is -0.493 e. The lowest BCUT2D eigenvalue weighted by Gasteiger charge is -2.14. The van der Waals surface area contributed by atoms with E-state index in [0.29, 0.717) is 16.6 Å². The molecule has 0 spiro atoms. The van der Waals surface area contributed by atoms with Gasteiger partial charge in [-0.2, -0.15) is 0 Å². The summed E-state index contributed by atoms with van der Waals surface area (Å²) in [6.45, 7) is 0. The van der Waals surface area contributed by atoms with Gasteiger partial charge >= 0.3 is 0 Å². The zero-order valence-corrected chi connectivity index (χ0v) is 12.1. The Morgan fingerprint density at radius 3 is 2.39 bits per heavy atom. The average molecular weight is 331 g/mol. The predicted octanol–water partition coefficient (Wildman–Crippen LogP) is 1.51. The summed E-state index contributed by atoms with van der Waals surface area (Å²) in [4.78, 5) is 11.7. The first-order chi connectivity index (χ1) is 8.56. The molecule has 7 heteroatoms. The maximum atomic E-state index is 11.7. The van der Waals surface area contributed by atoms with Gasteiger partial charge in [-0.25, -0.2) is 0 Å². The van der Waals surface area contributed by atoms with Gasteiger partial charge in [0.15, 0.2) is 16.6 Å². The highest BCUT2D eigenvalue weighted by atomic mass is 79.9. The summed E-state index contributed by atoms with van der Waals surface area (Å²) in [5.74, 6) is 0.963. The molecule has 1 unspecified atom stereocenters. The van der Waals surface area contributed by atoms with Crippen LogP contribution in [0.4, 0.5) is 0 Å². The van der Waals surface area contributed by atoms with Crippen LogP contribution in [0.25, 0.3) is 0 Å². The summed E-state index contributed by atoms with van der Waals surface area (Å²) in [5, 5.41) is 5.77. The monoisotopic (exact) mass is 330 g/mol. The molecule has 1 atom stereocenters. The van der Waals surface area contributed by atoms with E-state index in [2.05, 4.69) is 26.6 Å². The average Bonchev–Trinajstić information content (AvgIpc) is 2.68. The lowest BCUT2D eigenvalue weighted by Crippen LogP contribution is -2.21. The van der Waals surface area contributed by atoms with Crippen molar-refractivity contribution in [3.63, 3.8) is 0 Å². The topological polar surface area (TPSA) is 59.6 Å². The second kappa shape index (κ2) is 5.11. The molecule has 5 nitrogen and oxygen atoms in total. The van der Waals surface area contributed by atoms with Gasteiger partial charge in [-0.05, 0) is 24.4 Å². The number of carbonyl (C=O) groups excluding carboxylic acids is 1. The molecule has 1 aromatic carbocycles. The Morgan fingerprint density at radius 1 is 1.28 bits per heavy atom. The van der Waals surface area contributed by atoms with Crippen LogP contribution >= 0.6 is 28.1 Å². The Bertz CT molecular complexity index is 521. The van der Waals surface area contributed by atoms with E-state index in [1.165, 1.54) is 0 Å². The first-order valence-corrected chi connectivity index (χ1v) is 6.29. The Hall–Kier alpha value is -1.34. The number of benzene rings is 1. The van der Waals surface area contributed by atoms with Crippen LogP contribution in [0.2, 0.25) is 0 Å². The zero-order chi connectivity index (χ0) is 13.3. The Labute approximate surface area is 118 Å². The number of thiocarbonyl (C=S) groups is 1. The molecule has 0 radical (unpaired) electrons. The van der Waals surface area contributed by atoms with E-state index in [-0.39, 0.29) is 5.91 Å². The lowest BCUT2D eigenvalue weighted by molar-refractivity contribution is -0.120. The van der Waals surface area contributed by atoms with Crippen LogP contribution in [-0.2, 0) is 4.79 Å². The number of ether oxygens (including phenoxy) is 2. The third-order valence-corrected chi connectivity index (χ3v) is 3.49. The number of methoxy groups -OCH3 is 2. The molecule has 1 aliphatic rings. The largest absolute Gasteiger partial charge is 0.493 e. The quantitative estimate of drug-likeness (QED) is 0.823. The molecule has 2 N–H and O–H groups in total. The van der Waals surface area contributed by atoms with Gasteiger partial charge in [0, 0.05) is 10.0 Å². The van der Waals surface area contributed by atoms with Crippen molar-refractivity contribution in [1.82, 2.24) is 10.6 Å². The predicted molar refractivity (Wildman–Crippen MR) is 73.9 cm³/mol. The van der Waals surface area contributed by atoms with Crippen molar-refractivity contribution >= 4 is 39.2 Å². The second-order valence-corrected chi connectivity index (χ2v) is 4.89. The van der Waals surface area contributed by atoms with Gasteiger partial charge < -0.3 is 20.1 Å². The van der Waals surface area contributed by atoms with Gasteiger partial charge in [-0.3, -0.25) is 4.79 Å². The fraction of sp³-hybridized carbons (Fsp3) is 0.273. The van der Waals surface area contributed by atoms with Crippen LogP contribution in [0.5, 0.6) is 11.5 Å². The van der Waals surface area contributed by atoms with Crippen molar-refractivity contribution in [2.45, 2.75) is 6.04 Å². The number of hydrogen-bond acceptors (Lipinski definition) is 4. The third-order valence-electron chi connectivity index (χ3n) is 2.59. The summed E-state index contributed by atoms with van der Waals surface area (Å²) < 4.78 is 11.1. The van der Waals surface area contributed by atoms with Crippen molar-refractivity contribution in [3.8, 4) is 11.5 Å². The van der Waals surface area contributed by atoms with Crippen molar-refractivity contribution in [1.29, 1.82) is 0 Å². The molecule has 1 aliphatic heterocycles. The number of hydrogen-bond donors (Lipinski definition) is 2. The van der Waals surface area contributed by atoms with Crippen LogP contribution in [0.3, 0.4) is 0 Å². The molecule has 0 bridgehead atoms. The molecule has 0 aromatic heterocycles. The highest BCUT2D eigenvalue weighted by Gasteiger charge is 2.31. The summed E-state index contributed by atoms with van der Waals surface area (Å²) in [7, 11) is 3.10. The smallest absolute Gasteiger partial charge is 0.253 e. The fourth-order valence-electron chi connectivity index (χ4n) is 1.73. The minimum atomic E-state index is -0.522. The second-order valence-electron chi connectivity index (χ2n) is 3.62. The third kappa shape index (κ3) is 2.28. The Morgan fingerprint density at radius 2 is 1.89 bits per heavy atom. The minimum absolute atomic E-state index is 0.187. The first-order valence-electron chi connectivity index (χ1n) is 5.09. The number of carbonyl (C=O) groups is 1. The number of rotatable bonds is 3. The van der Waals surface area contributed by atoms with Gasteiger partial charge in [0.25, 0.3) is 5.91 Å². The molecule has 1 fully saturated rings. The molecular weight excluding hydrogens is 320 g/mol. The van der Waals surface area contributed by atoms with Gasteiger partial charge in [0.2, 0.25) is 0 Å². The van der Waals surface area contributed by atoms with Gasteiger partial charge in [-0.15, -0.1) is 0 Å². The maximum Gasteiger partial charge on any atom is 0.253 e. The molecule has 1 amide bonds. The van der Waals surface area contributed by atoms with E-state index >= 15 is 0 Å². The molecule has 1 saturated heterocycles. The van der Waals surface area contributed by atoms with Gasteiger partial charge in [0.1, 0.15) is 6.04 Å². The lowest BCUT2D eigenvalue weighted by atomic mass is 10.1. The molecular formula is C11H11BrN2O3S. The van der Waals surface area contributed by atoms with Crippen molar-refractivity contribution in [3.05, 3.63) is 22.2 Å². The van der Waals surface area contributed by atoms with E-state index < -0.39 is 6.04 Å². The highest BCUT2D eigenvalue weighted by molar-refractivity contribution is 9.10. The molecule has 0 aliphatic carbocycles. The van der Waals surface area contributed by atoms with E-state index in [0.717, 1.165) is 10.0 Å². The standard InChI is InChI=1S/C11H11BrN2O3S/c1-16-7-3-5(6(12)4-8(7)17-2)9-10(15)14-11(18)13-9/h3-4,9H,1-2H3,(H2,13,14,15,18). The van der Waals surface area contributed by atoms with Crippen LogP contribution < -0.4 is 20.1 Å². The molecule has 1 aromatic rings. The van der Waals surface area contributed by atoms with Crippen LogP contribution in [0.15, 0.2) is 16.6 Å². The zero-order valence-electron chi connectivity index (χ0n) is 9.74. The molecule has 1 heterocycles. The molecule has 96 valence electrons. The van der Waals surface area contributed by atoms with E-state index in [1.807, 2.05) is 0 Å². The number of amides is 1. The maximum absolute atomic E-state index is 11.7. The Kier molecular flexibility index (Phi) is 3.72. The van der Waals surface area contributed by atoms with Crippen molar-refractivity contribution < 1.29 is 14.3 Å². The van der Waals surface area contributed by atoms with Crippen LogP contribution in [-0.4, -0.2) is 25.2 Å². The van der Waals surface area contributed by atoms with Crippen molar-refractivity contribution in [2.24, 2.45) is 0 Å². The van der Waals surface area contributed by atoms with E-state index in [1.54, 1.807) is 26.4 Å². The summed E-state index contributed by atoms with van der Waals surface area (Å²) in [5.41, 5.74) is 0.741. The van der Waals surface area contributed by atoms with E-state index in [9.17, 15) is 4.79 Å². The van der Waals surface area contributed by atoms with Gasteiger partial charge in [-0.1, -0.05) is 15.9 Å². The van der Waals surface area contributed by atoms with Crippen LogP contribution in [0.1, 0.15) is 11.6 Å². The molecule has 18 heavy (non-hydrogen) atoms. The summed E-state index contributed by atoms with van der Waals surface area (Å²) in [6, 6.07) is 2.98. The normalized spacial score (nSPS) is 18.3. The van der Waals surface area contributed by atoms with E-state index in [4.69, 9.17) is 21.7 Å². The summed E-state index contributed by atoms with van der Waals surface area (Å²) >= 11 is 8.32. The fourth-order valence-corrected chi connectivity index (χ4v) is 2.50. The first kappa shape index (κ1) is 13.1. The molecule has 0 saturated carbocycles. The number of halogens is 1. The summed E-state index contributed by atoms with van der Waals surface area (Å²) in [6.07, 6.45) is 0. The van der Waals surface area contributed by atoms with Gasteiger partial charge in [0.05, 0.1) is 14.2 Å². The molecule has 2 rings (SSSR count). The van der Waals surface area contributed by atoms with Crippen molar-refractivity contribution in [2.75, 3.05) is 14.2 Å². The SMILES string of the molecule is COc1cc(Br)c(C2NC(=S)NC2=O)cc1OC. The van der Waals surface area contributed by atoms with Crippen LogP contribution in [0, 0.1) is 0 Å². The Balaban J connectivity index is 2.45. The highest BCUT2D eigenvalue weighted by Crippen LogP contribution is 2.36.